The minimum absolute atomic E-state index is 0.147. The number of amides is 1. The Hall–Kier alpha value is -0.570. The Bertz CT molecular complexity index is 250. The topological polar surface area (TPSA) is 46.3 Å². The largest absolute Gasteiger partial charge is 0.341 e. The molecule has 2 N–H and O–H groups in total. The number of hydrogen-bond donors (Lipinski definition) is 1. The van der Waals surface area contributed by atoms with Crippen LogP contribution in [0.3, 0.4) is 0 Å². The lowest BCUT2D eigenvalue weighted by Crippen LogP contribution is -2.41. The molecule has 2 rings (SSSR count). The summed E-state index contributed by atoms with van der Waals surface area (Å²) in [6.45, 7) is 5.80. The fourth-order valence-electron chi connectivity index (χ4n) is 2.41. The number of carbonyl (C=O) groups is 1. The van der Waals surface area contributed by atoms with Crippen LogP contribution in [0.1, 0.15) is 33.1 Å². The van der Waals surface area contributed by atoms with Crippen LogP contribution in [0.4, 0.5) is 0 Å². The quantitative estimate of drug-likeness (QED) is 0.715. The molecule has 2 fully saturated rings. The summed E-state index contributed by atoms with van der Waals surface area (Å²) in [5.41, 5.74) is 5.85. The Morgan fingerprint density at radius 1 is 1.64 bits per heavy atom. The molecule has 0 aromatic heterocycles. The lowest BCUT2D eigenvalue weighted by Gasteiger charge is -2.19. The second-order valence-electron chi connectivity index (χ2n) is 5.17. The van der Waals surface area contributed by atoms with Gasteiger partial charge in [-0.05, 0) is 25.7 Å². The molecule has 1 aliphatic carbocycles. The highest BCUT2D eigenvalue weighted by Gasteiger charge is 2.45. The van der Waals surface area contributed by atoms with Gasteiger partial charge in [-0.25, -0.2) is 0 Å². The van der Waals surface area contributed by atoms with Gasteiger partial charge in [-0.3, -0.25) is 4.79 Å². The summed E-state index contributed by atoms with van der Waals surface area (Å²) in [5, 5.41) is 0. The summed E-state index contributed by atoms with van der Waals surface area (Å²) >= 11 is 0. The Morgan fingerprint density at radius 3 is 2.79 bits per heavy atom. The van der Waals surface area contributed by atoms with E-state index in [1.807, 2.05) is 11.8 Å². The lowest BCUT2D eigenvalue weighted by atomic mass is 10.0. The fourth-order valence-corrected chi connectivity index (χ4v) is 2.41. The summed E-state index contributed by atoms with van der Waals surface area (Å²) in [4.78, 5) is 13.9. The lowest BCUT2D eigenvalue weighted by molar-refractivity contribution is -0.132. The summed E-state index contributed by atoms with van der Waals surface area (Å²) in [6.07, 6.45) is 3.19. The van der Waals surface area contributed by atoms with Crippen molar-refractivity contribution in [1.29, 1.82) is 0 Å². The zero-order valence-electron chi connectivity index (χ0n) is 9.12. The van der Waals surface area contributed by atoms with E-state index in [0.29, 0.717) is 17.7 Å². The highest BCUT2D eigenvalue weighted by atomic mass is 16.2. The third-order valence-electron chi connectivity index (χ3n) is 3.58. The van der Waals surface area contributed by atoms with Gasteiger partial charge in [-0.2, -0.15) is 0 Å². The van der Waals surface area contributed by atoms with Crippen LogP contribution >= 0.6 is 0 Å². The maximum Gasteiger partial charge on any atom is 0.226 e. The second-order valence-corrected chi connectivity index (χ2v) is 5.17. The van der Waals surface area contributed by atoms with E-state index >= 15 is 0 Å². The van der Waals surface area contributed by atoms with Crippen molar-refractivity contribution < 1.29 is 4.79 Å². The zero-order chi connectivity index (χ0) is 10.3. The molecule has 0 spiro atoms. The first kappa shape index (κ1) is 9.97. The molecule has 2 aliphatic rings. The average Bonchev–Trinajstić information content (AvgIpc) is 2.83. The molecule has 1 amide bonds. The first-order valence-corrected chi connectivity index (χ1v) is 5.61. The molecule has 1 heterocycles. The first-order chi connectivity index (χ1) is 6.53. The van der Waals surface area contributed by atoms with Crippen molar-refractivity contribution in [3.8, 4) is 0 Å². The molecular weight excluding hydrogens is 176 g/mol. The van der Waals surface area contributed by atoms with Crippen LogP contribution in [0.25, 0.3) is 0 Å². The molecule has 14 heavy (non-hydrogen) atoms. The normalized spacial score (nSPS) is 41.5. The van der Waals surface area contributed by atoms with Gasteiger partial charge in [-0.1, -0.05) is 13.3 Å². The molecule has 3 atom stereocenters. The van der Waals surface area contributed by atoms with Gasteiger partial charge < -0.3 is 10.6 Å². The Morgan fingerprint density at radius 2 is 2.36 bits per heavy atom. The molecule has 0 radical (unpaired) electrons. The monoisotopic (exact) mass is 196 g/mol. The van der Waals surface area contributed by atoms with Crippen LogP contribution in [-0.2, 0) is 4.79 Å². The molecule has 3 heteroatoms. The van der Waals surface area contributed by atoms with Crippen molar-refractivity contribution in [2.75, 3.05) is 13.1 Å². The predicted molar refractivity (Wildman–Crippen MR) is 55.7 cm³/mol. The minimum atomic E-state index is -0.147. The summed E-state index contributed by atoms with van der Waals surface area (Å²) in [6, 6.07) is 0. The van der Waals surface area contributed by atoms with Gasteiger partial charge in [-0.15, -0.1) is 0 Å². The highest BCUT2D eigenvalue weighted by Crippen LogP contribution is 2.43. The van der Waals surface area contributed by atoms with Gasteiger partial charge in [0.2, 0.25) is 5.91 Å². The predicted octanol–water partition coefficient (Wildman–Crippen LogP) is 0.982. The standard InChI is InChI=1S/C11H20N2O/c1-3-8-6-9(8)10(14)13-5-4-11(2,12)7-13/h8-9H,3-7,12H2,1-2H3/t8-,9-,11?/m1/s1. The summed E-state index contributed by atoms with van der Waals surface area (Å²) in [7, 11) is 0. The third-order valence-corrected chi connectivity index (χ3v) is 3.58. The Labute approximate surface area is 85.6 Å². The van der Waals surface area contributed by atoms with E-state index in [0.717, 1.165) is 32.4 Å². The molecule has 0 aromatic rings. The van der Waals surface area contributed by atoms with Gasteiger partial charge in [0.1, 0.15) is 0 Å². The van der Waals surface area contributed by atoms with Gasteiger partial charge in [0.05, 0.1) is 0 Å². The number of nitrogens with zero attached hydrogens (tertiary/aromatic N) is 1. The van der Waals surface area contributed by atoms with Crippen molar-refractivity contribution >= 4 is 5.91 Å². The van der Waals surface area contributed by atoms with E-state index < -0.39 is 0 Å². The highest BCUT2D eigenvalue weighted by molar-refractivity contribution is 5.82. The molecular formula is C11H20N2O. The van der Waals surface area contributed by atoms with Crippen LogP contribution in [0, 0.1) is 11.8 Å². The Balaban J connectivity index is 1.89. The van der Waals surface area contributed by atoms with Crippen molar-refractivity contribution in [2.45, 2.75) is 38.6 Å². The van der Waals surface area contributed by atoms with Gasteiger partial charge in [0, 0.05) is 24.5 Å². The van der Waals surface area contributed by atoms with Crippen molar-refractivity contribution in [3.63, 3.8) is 0 Å². The molecule has 1 saturated carbocycles. The van der Waals surface area contributed by atoms with E-state index in [2.05, 4.69) is 6.92 Å². The number of likely N-dealkylation sites (tertiary alicyclic amines) is 1. The van der Waals surface area contributed by atoms with Crippen LogP contribution < -0.4 is 5.73 Å². The summed E-state index contributed by atoms with van der Waals surface area (Å²) < 4.78 is 0. The first-order valence-electron chi connectivity index (χ1n) is 5.61. The zero-order valence-corrected chi connectivity index (χ0v) is 9.12. The third kappa shape index (κ3) is 1.78. The van der Waals surface area contributed by atoms with Crippen LogP contribution in [0.15, 0.2) is 0 Å². The molecule has 3 nitrogen and oxygen atoms in total. The summed E-state index contributed by atoms with van der Waals surface area (Å²) in [5.74, 6) is 1.34. The second kappa shape index (κ2) is 3.23. The molecule has 0 aromatic carbocycles. The Kier molecular flexibility index (Phi) is 2.30. The maximum atomic E-state index is 11.9. The molecule has 1 saturated heterocycles. The molecule has 1 aliphatic heterocycles. The van der Waals surface area contributed by atoms with Crippen molar-refractivity contribution in [3.05, 3.63) is 0 Å². The fraction of sp³-hybridized carbons (Fsp3) is 0.909. The average molecular weight is 196 g/mol. The van der Waals surface area contributed by atoms with E-state index in [9.17, 15) is 4.79 Å². The maximum absolute atomic E-state index is 11.9. The van der Waals surface area contributed by atoms with Crippen molar-refractivity contribution in [2.24, 2.45) is 17.6 Å². The van der Waals surface area contributed by atoms with E-state index in [-0.39, 0.29) is 5.54 Å². The molecule has 1 unspecified atom stereocenters. The van der Waals surface area contributed by atoms with E-state index in [4.69, 9.17) is 5.73 Å². The van der Waals surface area contributed by atoms with E-state index in [1.54, 1.807) is 0 Å². The van der Waals surface area contributed by atoms with Crippen molar-refractivity contribution in [1.82, 2.24) is 4.90 Å². The minimum Gasteiger partial charge on any atom is -0.341 e. The van der Waals surface area contributed by atoms with Crippen LogP contribution in [-0.4, -0.2) is 29.4 Å². The smallest absolute Gasteiger partial charge is 0.226 e. The number of hydrogen-bond acceptors (Lipinski definition) is 2. The number of carbonyl (C=O) groups excluding carboxylic acids is 1. The van der Waals surface area contributed by atoms with Crippen LogP contribution in [0.2, 0.25) is 0 Å². The SMILES string of the molecule is CC[C@@H]1C[C@H]1C(=O)N1CCC(C)(N)C1. The van der Waals surface area contributed by atoms with Gasteiger partial charge >= 0.3 is 0 Å². The van der Waals surface area contributed by atoms with Crippen LogP contribution in [0.5, 0.6) is 0 Å². The van der Waals surface area contributed by atoms with Gasteiger partial charge in [0.25, 0.3) is 0 Å². The molecule has 80 valence electrons. The number of nitrogens with two attached hydrogens (primary N) is 1. The molecule has 0 bridgehead atoms. The van der Waals surface area contributed by atoms with Gasteiger partial charge in [0.15, 0.2) is 0 Å². The van der Waals surface area contributed by atoms with E-state index in [1.165, 1.54) is 0 Å². The number of rotatable bonds is 2.